The maximum Gasteiger partial charge on any atom is 0.472 e. The highest BCUT2D eigenvalue weighted by molar-refractivity contribution is 7.47. The van der Waals surface area contributed by atoms with Gasteiger partial charge in [0.15, 0.2) is 6.10 Å². The molecular formula is C50H99O10P. The second kappa shape index (κ2) is 46.9. The lowest BCUT2D eigenvalue weighted by atomic mass is 10.0. The van der Waals surface area contributed by atoms with Gasteiger partial charge in [-0.25, -0.2) is 4.57 Å². The number of unbranched alkanes of at least 4 members (excludes halogenated alkanes) is 36. The van der Waals surface area contributed by atoms with Crippen LogP contribution in [-0.4, -0.2) is 65.7 Å². The van der Waals surface area contributed by atoms with Crippen LogP contribution >= 0.6 is 7.82 Å². The van der Waals surface area contributed by atoms with Crippen molar-refractivity contribution < 1.29 is 47.8 Å². The molecule has 0 aromatic rings. The van der Waals surface area contributed by atoms with Crippen molar-refractivity contribution in [3.05, 3.63) is 0 Å². The molecule has 0 saturated heterocycles. The molecule has 61 heavy (non-hydrogen) atoms. The molecule has 0 aliphatic heterocycles. The lowest BCUT2D eigenvalue weighted by molar-refractivity contribution is -0.161. The molecule has 0 aromatic heterocycles. The SMILES string of the molecule is CCCCCCCCCCCCCCCCCCCCCCCC(=O)OC[C@H](COP(=O)(O)OC[C@@H](O)CO)OC(=O)CCCCCCCCCCCCCCCCCCC. The summed E-state index contributed by atoms with van der Waals surface area (Å²) in [6.45, 7) is 2.46. The smallest absolute Gasteiger partial charge is 0.462 e. The summed E-state index contributed by atoms with van der Waals surface area (Å²) in [5.74, 6) is -0.902. The number of hydrogen-bond acceptors (Lipinski definition) is 9. The highest BCUT2D eigenvalue weighted by atomic mass is 31.2. The Morgan fingerprint density at radius 1 is 0.426 bits per heavy atom. The summed E-state index contributed by atoms with van der Waals surface area (Å²) in [6.07, 6.45) is 46.4. The fourth-order valence-electron chi connectivity index (χ4n) is 7.76. The first-order valence-corrected chi connectivity index (χ1v) is 27.5. The summed E-state index contributed by atoms with van der Waals surface area (Å²) in [7, 11) is -4.61. The van der Waals surface area contributed by atoms with Crippen molar-refractivity contribution in [1.82, 2.24) is 0 Å². The van der Waals surface area contributed by atoms with Crippen LogP contribution in [0.5, 0.6) is 0 Å². The number of carbonyl (C=O) groups is 2. The largest absolute Gasteiger partial charge is 0.472 e. The average molecular weight is 891 g/mol. The second-order valence-corrected chi connectivity index (χ2v) is 19.4. The lowest BCUT2D eigenvalue weighted by Crippen LogP contribution is -2.29. The summed E-state index contributed by atoms with van der Waals surface area (Å²) >= 11 is 0. The van der Waals surface area contributed by atoms with E-state index >= 15 is 0 Å². The molecule has 11 heteroatoms. The van der Waals surface area contributed by atoms with Crippen LogP contribution in [0, 0.1) is 0 Å². The minimum absolute atomic E-state index is 0.193. The number of esters is 2. The molecule has 0 rings (SSSR count). The molecule has 1 unspecified atom stereocenters. The first-order chi connectivity index (χ1) is 29.7. The third-order valence-electron chi connectivity index (χ3n) is 11.8. The van der Waals surface area contributed by atoms with Crippen LogP contribution in [0.15, 0.2) is 0 Å². The molecule has 0 saturated carbocycles. The minimum atomic E-state index is -4.61. The van der Waals surface area contributed by atoms with Gasteiger partial charge in [-0.3, -0.25) is 18.6 Å². The highest BCUT2D eigenvalue weighted by Gasteiger charge is 2.27. The van der Waals surface area contributed by atoms with Crippen LogP contribution in [0.3, 0.4) is 0 Å². The highest BCUT2D eigenvalue weighted by Crippen LogP contribution is 2.43. The first kappa shape index (κ1) is 60.0. The Balaban J connectivity index is 4.10. The molecule has 0 spiro atoms. The van der Waals surface area contributed by atoms with Gasteiger partial charge >= 0.3 is 19.8 Å². The maximum absolute atomic E-state index is 12.7. The van der Waals surface area contributed by atoms with Crippen LogP contribution in [0.2, 0.25) is 0 Å². The van der Waals surface area contributed by atoms with Gasteiger partial charge in [0.25, 0.3) is 0 Å². The van der Waals surface area contributed by atoms with E-state index in [1.807, 2.05) is 0 Å². The minimum Gasteiger partial charge on any atom is -0.462 e. The van der Waals surface area contributed by atoms with Gasteiger partial charge in [0.2, 0.25) is 0 Å². The number of carbonyl (C=O) groups excluding carboxylic acids is 2. The van der Waals surface area contributed by atoms with Gasteiger partial charge in [0, 0.05) is 12.8 Å². The Labute approximate surface area is 375 Å². The summed E-state index contributed by atoms with van der Waals surface area (Å²) in [6, 6.07) is 0. The zero-order valence-electron chi connectivity index (χ0n) is 39.9. The standard InChI is InChI=1S/C50H99O10P/c1-3-5-7-9-11-13-15-17-19-21-22-23-24-26-27-29-31-33-35-37-39-41-49(53)57-45-48(46-59-61(55,56)58-44-47(52)43-51)60-50(54)42-40-38-36-34-32-30-28-25-20-18-16-14-12-10-8-6-4-2/h47-48,51-52H,3-46H2,1-2H3,(H,55,56)/t47-,48+/m0/s1. The van der Waals surface area contributed by atoms with Crippen LogP contribution in [-0.2, 0) is 32.7 Å². The molecule has 0 aliphatic carbocycles. The van der Waals surface area contributed by atoms with E-state index in [1.54, 1.807) is 0 Å². The Kier molecular flexibility index (Phi) is 46.2. The topological polar surface area (TPSA) is 149 Å². The summed E-state index contributed by atoms with van der Waals surface area (Å²) < 4.78 is 32.9. The molecule has 10 nitrogen and oxygen atoms in total. The number of phosphoric acid groups is 1. The summed E-state index contributed by atoms with van der Waals surface area (Å²) in [5.41, 5.74) is 0. The van der Waals surface area contributed by atoms with E-state index in [0.717, 1.165) is 32.1 Å². The number of rotatable bonds is 50. The summed E-state index contributed by atoms with van der Waals surface area (Å²) in [4.78, 5) is 35.2. The molecule has 3 N–H and O–H groups in total. The Bertz CT molecular complexity index is 982. The quantitative estimate of drug-likeness (QED) is 0.0306. The number of hydrogen-bond donors (Lipinski definition) is 3. The number of ether oxygens (including phenoxy) is 2. The molecule has 0 amide bonds. The van der Waals surface area contributed by atoms with E-state index in [0.29, 0.717) is 12.8 Å². The molecule has 364 valence electrons. The molecule has 0 bridgehead atoms. The molecule has 0 aliphatic rings. The van der Waals surface area contributed by atoms with Crippen LogP contribution < -0.4 is 0 Å². The zero-order valence-corrected chi connectivity index (χ0v) is 40.8. The van der Waals surface area contributed by atoms with E-state index in [4.69, 9.17) is 23.6 Å². The van der Waals surface area contributed by atoms with Gasteiger partial charge in [-0.2, -0.15) is 0 Å². The Morgan fingerprint density at radius 2 is 0.705 bits per heavy atom. The maximum atomic E-state index is 12.7. The third-order valence-corrected chi connectivity index (χ3v) is 12.7. The van der Waals surface area contributed by atoms with Gasteiger partial charge in [-0.05, 0) is 12.8 Å². The fourth-order valence-corrected chi connectivity index (χ4v) is 8.55. The van der Waals surface area contributed by atoms with Gasteiger partial charge in [-0.15, -0.1) is 0 Å². The number of phosphoric ester groups is 1. The van der Waals surface area contributed by atoms with E-state index in [1.165, 1.54) is 199 Å². The third kappa shape index (κ3) is 46.8. The fraction of sp³-hybridized carbons (Fsp3) is 0.960. The molecule has 0 radical (unpaired) electrons. The van der Waals surface area contributed by atoms with Crippen molar-refractivity contribution in [2.75, 3.05) is 26.4 Å². The molecule has 0 fully saturated rings. The van der Waals surface area contributed by atoms with Gasteiger partial charge in [0.05, 0.1) is 19.8 Å². The van der Waals surface area contributed by atoms with Gasteiger partial charge in [0.1, 0.15) is 12.7 Å². The van der Waals surface area contributed by atoms with Crippen molar-refractivity contribution in [2.45, 2.75) is 283 Å². The summed E-state index contributed by atoms with van der Waals surface area (Å²) in [5, 5.41) is 18.4. The van der Waals surface area contributed by atoms with Gasteiger partial charge in [-0.1, -0.05) is 245 Å². The van der Waals surface area contributed by atoms with Crippen molar-refractivity contribution in [3.63, 3.8) is 0 Å². The molecular weight excluding hydrogens is 792 g/mol. The molecule has 0 aromatic carbocycles. The molecule has 3 atom stereocenters. The normalized spacial score (nSPS) is 13.6. The van der Waals surface area contributed by atoms with Gasteiger partial charge < -0.3 is 24.6 Å². The van der Waals surface area contributed by atoms with E-state index in [2.05, 4.69) is 13.8 Å². The van der Waals surface area contributed by atoms with Crippen molar-refractivity contribution in [3.8, 4) is 0 Å². The predicted molar refractivity (Wildman–Crippen MR) is 252 cm³/mol. The van der Waals surface area contributed by atoms with E-state index in [-0.39, 0.29) is 19.4 Å². The van der Waals surface area contributed by atoms with Crippen LogP contribution in [0.25, 0.3) is 0 Å². The molecule has 0 heterocycles. The monoisotopic (exact) mass is 891 g/mol. The predicted octanol–water partition coefficient (Wildman–Crippen LogP) is 14.6. The van der Waals surface area contributed by atoms with E-state index < -0.39 is 51.8 Å². The lowest BCUT2D eigenvalue weighted by Gasteiger charge is -2.20. The van der Waals surface area contributed by atoms with E-state index in [9.17, 15) is 24.2 Å². The van der Waals surface area contributed by atoms with Crippen molar-refractivity contribution in [1.29, 1.82) is 0 Å². The number of aliphatic hydroxyl groups is 2. The van der Waals surface area contributed by atoms with Crippen LogP contribution in [0.4, 0.5) is 0 Å². The Morgan fingerprint density at radius 3 is 1.02 bits per heavy atom. The Hall–Kier alpha value is -1.03. The second-order valence-electron chi connectivity index (χ2n) is 17.9. The van der Waals surface area contributed by atoms with Crippen molar-refractivity contribution in [2.24, 2.45) is 0 Å². The zero-order chi connectivity index (χ0) is 44.8. The van der Waals surface area contributed by atoms with Crippen molar-refractivity contribution >= 4 is 19.8 Å². The average Bonchev–Trinajstić information content (AvgIpc) is 3.25. The van der Waals surface area contributed by atoms with Crippen LogP contribution in [0.1, 0.15) is 271 Å². The number of aliphatic hydroxyl groups excluding tert-OH is 2. The first-order valence-electron chi connectivity index (χ1n) is 26.0.